The van der Waals surface area contributed by atoms with Gasteiger partial charge in [-0.25, -0.2) is 4.98 Å². The molecule has 0 fully saturated rings. The minimum Gasteiger partial charge on any atom is -0.492 e. The molecule has 0 unspecified atom stereocenters. The highest BCUT2D eigenvalue weighted by Crippen LogP contribution is 2.15. The SMILES string of the molecule is Brc1cncc(OCCCn2ccnc2)c1. The summed E-state index contributed by atoms with van der Waals surface area (Å²) in [4.78, 5) is 8.00. The average Bonchev–Trinajstić information content (AvgIpc) is 2.77. The van der Waals surface area contributed by atoms with Crippen LogP contribution < -0.4 is 4.74 Å². The van der Waals surface area contributed by atoms with Crippen LogP contribution in [0, 0.1) is 0 Å². The van der Waals surface area contributed by atoms with Crippen molar-refractivity contribution in [2.75, 3.05) is 6.61 Å². The molecule has 2 rings (SSSR count). The van der Waals surface area contributed by atoms with E-state index < -0.39 is 0 Å². The van der Waals surface area contributed by atoms with Crippen molar-refractivity contribution in [3.05, 3.63) is 41.7 Å². The lowest BCUT2D eigenvalue weighted by atomic mass is 10.4. The lowest BCUT2D eigenvalue weighted by Crippen LogP contribution is -2.03. The summed E-state index contributed by atoms with van der Waals surface area (Å²) >= 11 is 3.35. The fourth-order valence-corrected chi connectivity index (χ4v) is 1.67. The first kappa shape index (κ1) is 11.1. The molecule has 2 aromatic rings. The van der Waals surface area contributed by atoms with Gasteiger partial charge in [0.15, 0.2) is 0 Å². The van der Waals surface area contributed by atoms with E-state index in [1.165, 1.54) is 0 Å². The molecule has 0 N–H and O–H groups in total. The van der Waals surface area contributed by atoms with E-state index in [2.05, 4.69) is 25.9 Å². The van der Waals surface area contributed by atoms with Crippen molar-refractivity contribution in [2.24, 2.45) is 0 Å². The summed E-state index contributed by atoms with van der Waals surface area (Å²) in [5, 5.41) is 0. The van der Waals surface area contributed by atoms with E-state index in [1.54, 1.807) is 24.9 Å². The van der Waals surface area contributed by atoms with Crippen LogP contribution >= 0.6 is 15.9 Å². The number of imidazole rings is 1. The van der Waals surface area contributed by atoms with E-state index in [-0.39, 0.29) is 0 Å². The normalized spacial score (nSPS) is 10.3. The van der Waals surface area contributed by atoms with Crippen molar-refractivity contribution in [1.29, 1.82) is 0 Å². The number of pyridine rings is 1. The van der Waals surface area contributed by atoms with E-state index in [1.807, 2.05) is 16.8 Å². The van der Waals surface area contributed by atoms with Gasteiger partial charge in [-0.2, -0.15) is 0 Å². The Morgan fingerprint density at radius 2 is 2.25 bits per heavy atom. The summed E-state index contributed by atoms with van der Waals surface area (Å²) in [6, 6.07) is 1.91. The Bertz CT molecular complexity index is 431. The summed E-state index contributed by atoms with van der Waals surface area (Å²) in [5.41, 5.74) is 0. The summed E-state index contributed by atoms with van der Waals surface area (Å²) < 4.78 is 8.52. The minimum absolute atomic E-state index is 0.677. The number of rotatable bonds is 5. The predicted molar refractivity (Wildman–Crippen MR) is 64.3 cm³/mol. The van der Waals surface area contributed by atoms with Gasteiger partial charge in [-0.05, 0) is 28.4 Å². The molecular weight excluding hydrogens is 270 g/mol. The van der Waals surface area contributed by atoms with E-state index in [9.17, 15) is 0 Å². The van der Waals surface area contributed by atoms with E-state index in [0.29, 0.717) is 6.61 Å². The highest BCUT2D eigenvalue weighted by atomic mass is 79.9. The van der Waals surface area contributed by atoms with Gasteiger partial charge < -0.3 is 9.30 Å². The van der Waals surface area contributed by atoms with Crippen molar-refractivity contribution in [3.8, 4) is 5.75 Å². The summed E-state index contributed by atoms with van der Waals surface area (Å²) in [7, 11) is 0. The molecular formula is C11H12BrN3O. The molecule has 0 atom stereocenters. The van der Waals surface area contributed by atoms with Gasteiger partial charge in [0.05, 0.1) is 19.1 Å². The van der Waals surface area contributed by atoms with Crippen molar-refractivity contribution in [3.63, 3.8) is 0 Å². The molecule has 84 valence electrons. The summed E-state index contributed by atoms with van der Waals surface area (Å²) in [6.45, 7) is 1.59. The van der Waals surface area contributed by atoms with Crippen molar-refractivity contribution >= 4 is 15.9 Å². The lowest BCUT2D eigenvalue weighted by Gasteiger charge is -2.06. The van der Waals surface area contributed by atoms with Crippen LogP contribution in [0.5, 0.6) is 5.75 Å². The molecule has 0 radical (unpaired) electrons. The van der Waals surface area contributed by atoms with Crippen LogP contribution in [0.25, 0.3) is 0 Å². The Morgan fingerprint density at radius 3 is 3.00 bits per heavy atom. The maximum Gasteiger partial charge on any atom is 0.138 e. The zero-order chi connectivity index (χ0) is 11.2. The van der Waals surface area contributed by atoms with Gasteiger partial charge in [0.25, 0.3) is 0 Å². The maximum absolute atomic E-state index is 5.56. The standard InChI is InChI=1S/C11H12BrN3O/c12-10-6-11(8-14-7-10)16-5-1-3-15-4-2-13-9-15/h2,4,6-9H,1,3,5H2. The molecule has 2 aromatic heterocycles. The third kappa shape index (κ3) is 3.34. The Hall–Kier alpha value is -1.36. The molecule has 0 aliphatic rings. The van der Waals surface area contributed by atoms with Crippen molar-refractivity contribution < 1.29 is 4.74 Å². The Balaban J connectivity index is 1.72. The van der Waals surface area contributed by atoms with E-state index >= 15 is 0 Å². The molecule has 0 aliphatic heterocycles. The first-order chi connectivity index (χ1) is 7.84. The second-order valence-corrected chi connectivity index (χ2v) is 4.26. The average molecular weight is 282 g/mol. The van der Waals surface area contributed by atoms with Crippen LogP contribution in [-0.2, 0) is 6.54 Å². The molecule has 0 aromatic carbocycles. The molecule has 0 amide bonds. The molecule has 4 nitrogen and oxygen atoms in total. The third-order valence-electron chi connectivity index (χ3n) is 2.07. The van der Waals surface area contributed by atoms with Crippen molar-refractivity contribution in [1.82, 2.24) is 14.5 Å². The molecule has 0 aliphatic carbocycles. The molecule has 0 saturated carbocycles. The third-order valence-corrected chi connectivity index (χ3v) is 2.50. The zero-order valence-electron chi connectivity index (χ0n) is 8.71. The number of hydrogen-bond donors (Lipinski definition) is 0. The topological polar surface area (TPSA) is 39.9 Å². The number of halogens is 1. The number of aromatic nitrogens is 3. The first-order valence-electron chi connectivity index (χ1n) is 5.04. The molecule has 0 spiro atoms. The Kier molecular flexibility index (Phi) is 3.93. The number of ether oxygens (including phenoxy) is 1. The lowest BCUT2D eigenvalue weighted by molar-refractivity contribution is 0.300. The summed E-state index contributed by atoms with van der Waals surface area (Å²) in [6.07, 6.45) is 9.92. The fraction of sp³-hybridized carbons (Fsp3) is 0.273. The maximum atomic E-state index is 5.56. The molecule has 0 saturated heterocycles. The van der Waals surface area contributed by atoms with Crippen LogP contribution in [0.1, 0.15) is 6.42 Å². The smallest absolute Gasteiger partial charge is 0.138 e. The largest absolute Gasteiger partial charge is 0.492 e. The van der Waals surface area contributed by atoms with E-state index in [4.69, 9.17) is 4.74 Å². The van der Waals surface area contributed by atoms with Crippen LogP contribution in [0.3, 0.4) is 0 Å². The predicted octanol–water partition coefficient (Wildman–Crippen LogP) is 2.51. The number of aryl methyl sites for hydroxylation is 1. The molecule has 16 heavy (non-hydrogen) atoms. The van der Waals surface area contributed by atoms with Crippen LogP contribution in [0.4, 0.5) is 0 Å². The zero-order valence-corrected chi connectivity index (χ0v) is 10.3. The monoisotopic (exact) mass is 281 g/mol. The van der Waals surface area contributed by atoms with Crippen LogP contribution in [0.15, 0.2) is 41.7 Å². The quantitative estimate of drug-likeness (QED) is 0.791. The second-order valence-electron chi connectivity index (χ2n) is 3.34. The highest BCUT2D eigenvalue weighted by Gasteiger charge is 1.96. The van der Waals surface area contributed by atoms with Gasteiger partial charge in [-0.1, -0.05) is 0 Å². The van der Waals surface area contributed by atoms with Gasteiger partial charge >= 0.3 is 0 Å². The second kappa shape index (κ2) is 5.65. The summed E-state index contributed by atoms with van der Waals surface area (Å²) in [5.74, 6) is 0.792. The highest BCUT2D eigenvalue weighted by molar-refractivity contribution is 9.10. The van der Waals surface area contributed by atoms with E-state index in [0.717, 1.165) is 23.2 Å². The van der Waals surface area contributed by atoms with Gasteiger partial charge in [0.2, 0.25) is 0 Å². The van der Waals surface area contributed by atoms with Crippen LogP contribution in [0.2, 0.25) is 0 Å². The first-order valence-corrected chi connectivity index (χ1v) is 5.83. The van der Waals surface area contributed by atoms with Gasteiger partial charge in [-0.15, -0.1) is 0 Å². The molecule has 2 heterocycles. The Morgan fingerprint density at radius 1 is 1.31 bits per heavy atom. The fourth-order valence-electron chi connectivity index (χ4n) is 1.33. The van der Waals surface area contributed by atoms with Crippen molar-refractivity contribution in [2.45, 2.75) is 13.0 Å². The number of nitrogens with zero attached hydrogens (tertiary/aromatic N) is 3. The van der Waals surface area contributed by atoms with Crippen LogP contribution in [-0.4, -0.2) is 21.1 Å². The minimum atomic E-state index is 0.677. The van der Waals surface area contributed by atoms with Gasteiger partial charge in [0, 0.05) is 29.6 Å². The molecule has 5 heteroatoms. The van der Waals surface area contributed by atoms with Gasteiger partial charge in [-0.3, -0.25) is 4.98 Å². The Labute approximate surface area is 102 Å². The van der Waals surface area contributed by atoms with Gasteiger partial charge in [0.1, 0.15) is 5.75 Å². The molecule has 0 bridgehead atoms. The number of hydrogen-bond acceptors (Lipinski definition) is 3.